The van der Waals surface area contributed by atoms with Crippen LogP contribution in [0.5, 0.6) is 0 Å². The second kappa shape index (κ2) is 5.17. The van der Waals surface area contributed by atoms with Crippen LogP contribution in [0, 0.1) is 0 Å². The quantitative estimate of drug-likeness (QED) is 0.866. The van der Waals surface area contributed by atoms with Gasteiger partial charge in [-0.1, -0.05) is 30.3 Å². The Hall–Kier alpha value is -0.900. The molecule has 1 aliphatic rings. The molecular weight excluding hydrogens is 212 g/mol. The van der Waals surface area contributed by atoms with E-state index in [1.807, 2.05) is 18.2 Å². The van der Waals surface area contributed by atoms with Crippen molar-refractivity contribution in [2.75, 3.05) is 26.2 Å². The molecule has 0 radical (unpaired) electrons. The van der Waals surface area contributed by atoms with E-state index in [2.05, 4.69) is 30.9 Å². The lowest BCUT2D eigenvalue weighted by Gasteiger charge is -2.39. The molecule has 2 N–H and O–H groups in total. The van der Waals surface area contributed by atoms with Crippen LogP contribution in [-0.4, -0.2) is 36.7 Å². The predicted molar refractivity (Wildman–Crippen MR) is 69.8 cm³/mol. The first-order valence-electron chi connectivity index (χ1n) is 6.24. The maximum atomic E-state index is 6.23. The zero-order valence-corrected chi connectivity index (χ0v) is 10.7. The van der Waals surface area contributed by atoms with Crippen LogP contribution in [0.3, 0.4) is 0 Å². The standard InChI is InChI=1S/C14H22N2O/c1-14(2)11-16(8-9-17-14)10-13(15)12-6-4-3-5-7-12/h3-7,13H,8-11,15H2,1-2H3. The number of rotatable bonds is 3. The van der Waals surface area contributed by atoms with Crippen molar-refractivity contribution in [2.24, 2.45) is 5.73 Å². The monoisotopic (exact) mass is 234 g/mol. The number of ether oxygens (including phenoxy) is 1. The maximum Gasteiger partial charge on any atom is 0.0753 e. The summed E-state index contributed by atoms with van der Waals surface area (Å²) in [6, 6.07) is 10.4. The summed E-state index contributed by atoms with van der Waals surface area (Å²) in [4.78, 5) is 2.39. The largest absolute Gasteiger partial charge is 0.373 e. The number of hydrogen-bond donors (Lipinski definition) is 1. The summed E-state index contributed by atoms with van der Waals surface area (Å²) >= 11 is 0. The summed E-state index contributed by atoms with van der Waals surface area (Å²) in [5.74, 6) is 0. The van der Waals surface area contributed by atoms with Crippen molar-refractivity contribution in [3.8, 4) is 0 Å². The van der Waals surface area contributed by atoms with Crippen LogP contribution in [0.1, 0.15) is 25.5 Å². The zero-order chi connectivity index (χ0) is 12.3. The Balaban J connectivity index is 1.93. The molecule has 3 heteroatoms. The van der Waals surface area contributed by atoms with Gasteiger partial charge in [0.2, 0.25) is 0 Å². The third kappa shape index (κ3) is 3.53. The van der Waals surface area contributed by atoms with Crippen LogP contribution in [0.25, 0.3) is 0 Å². The number of hydrogen-bond acceptors (Lipinski definition) is 3. The van der Waals surface area contributed by atoms with Gasteiger partial charge < -0.3 is 10.5 Å². The van der Waals surface area contributed by atoms with Crippen LogP contribution < -0.4 is 5.73 Å². The van der Waals surface area contributed by atoms with E-state index in [4.69, 9.17) is 10.5 Å². The molecule has 0 saturated carbocycles. The summed E-state index contributed by atoms with van der Waals surface area (Å²) < 4.78 is 5.70. The van der Waals surface area contributed by atoms with Crippen molar-refractivity contribution in [2.45, 2.75) is 25.5 Å². The van der Waals surface area contributed by atoms with Crippen LogP contribution in [0.15, 0.2) is 30.3 Å². The highest BCUT2D eigenvalue weighted by atomic mass is 16.5. The highest BCUT2D eigenvalue weighted by Crippen LogP contribution is 2.19. The van der Waals surface area contributed by atoms with Gasteiger partial charge in [0.05, 0.1) is 12.2 Å². The van der Waals surface area contributed by atoms with Gasteiger partial charge in [0.1, 0.15) is 0 Å². The van der Waals surface area contributed by atoms with Crippen molar-refractivity contribution in [1.82, 2.24) is 4.90 Å². The van der Waals surface area contributed by atoms with Crippen molar-refractivity contribution in [3.05, 3.63) is 35.9 Å². The molecule has 1 aliphatic heterocycles. The molecule has 1 aromatic carbocycles. The van der Waals surface area contributed by atoms with Crippen LogP contribution in [-0.2, 0) is 4.74 Å². The molecule has 94 valence electrons. The fraction of sp³-hybridized carbons (Fsp3) is 0.571. The second-order valence-corrected chi connectivity index (χ2v) is 5.36. The minimum Gasteiger partial charge on any atom is -0.373 e. The number of morpholine rings is 1. The van der Waals surface area contributed by atoms with E-state index in [0.717, 1.165) is 26.2 Å². The lowest BCUT2D eigenvalue weighted by molar-refractivity contribution is -0.0869. The number of nitrogens with two attached hydrogens (primary N) is 1. The molecule has 0 bridgehead atoms. The summed E-state index contributed by atoms with van der Waals surface area (Å²) in [7, 11) is 0. The number of benzene rings is 1. The molecule has 0 aromatic heterocycles. The maximum absolute atomic E-state index is 6.23. The van der Waals surface area contributed by atoms with Crippen molar-refractivity contribution >= 4 is 0 Å². The molecule has 3 nitrogen and oxygen atoms in total. The van der Waals surface area contributed by atoms with E-state index in [-0.39, 0.29) is 11.6 Å². The summed E-state index contributed by atoms with van der Waals surface area (Å²) in [5, 5.41) is 0. The predicted octanol–water partition coefficient (Wildman–Crippen LogP) is 1.80. The zero-order valence-electron chi connectivity index (χ0n) is 10.7. The van der Waals surface area contributed by atoms with Crippen LogP contribution in [0.2, 0.25) is 0 Å². The van der Waals surface area contributed by atoms with Crippen LogP contribution >= 0.6 is 0 Å². The third-order valence-electron chi connectivity index (χ3n) is 3.19. The van der Waals surface area contributed by atoms with Gasteiger partial charge in [0.25, 0.3) is 0 Å². The molecular formula is C14H22N2O. The molecule has 2 rings (SSSR count). The third-order valence-corrected chi connectivity index (χ3v) is 3.19. The molecule has 0 spiro atoms. The molecule has 17 heavy (non-hydrogen) atoms. The van der Waals surface area contributed by atoms with Gasteiger partial charge in [-0.25, -0.2) is 0 Å². The molecule has 0 amide bonds. The molecule has 1 aromatic rings. The van der Waals surface area contributed by atoms with E-state index < -0.39 is 0 Å². The Morgan fingerprint density at radius 2 is 2.06 bits per heavy atom. The van der Waals surface area contributed by atoms with Gasteiger partial charge in [-0.3, -0.25) is 4.90 Å². The Labute approximate surface area is 104 Å². The molecule has 1 fully saturated rings. The average Bonchev–Trinajstić information content (AvgIpc) is 2.29. The van der Waals surface area contributed by atoms with E-state index in [1.54, 1.807) is 0 Å². The fourth-order valence-electron chi connectivity index (χ4n) is 2.35. The van der Waals surface area contributed by atoms with E-state index in [0.29, 0.717) is 0 Å². The Kier molecular flexibility index (Phi) is 3.82. The van der Waals surface area contributed by atoms with E-state index in [9.17, 15) is 0 Å². The minimum atomic E-state index is -0.0470. The lowest BCUT2D eigenvalue weighted by atomic mass is 10.0. The minimum absolute atomic E-state index is 0.0470. The van der Waals surface area contributed by atoms with Gasteiger partial charge in [0, 0.05) is 25.7 Å². The van der Waals surface area contributed by atoms with Gasteiger partial charge in [0.15, 0.2) is 0 Å². The van der Waals surface area contributed by atoms with Crippen molar-refractivity contribution in [1.29, 1.82) is 0 Å². The summed E-state index contributed by atoms with van der Waals surface area (Å²) in [6.45, 7) is 7.89. The lowest BCUT2D eigenvalue weighted by Crippen LogP contribution is -2.50. The van der Waals surface area contributed by atoms with E-state index >= 15 is 0 Å². The molecule has 1 saturated heterocycles. The topological polar surface area (TPSA) is 38.5 Å². The normalized spacial score (nSPS) is 22.3. The molecule has 1 atom stereocenters. The SMILES string of the molecule is CC1(C)CN(CC(N)c2ccccc2)CCO1. The highest BCUT2D eigenvalue weighted by molar-refractivity contribution is 5.18. The van der Waals surface area contributed by atoms with Gasteiger partial charge in [-0.05, 0) is 19.4 Å². The van der Waals surface area contributed by atoms with Gasteiger partial charge in [-0.15, -0.1) is 0 Å². The van der Waals surface area contributed by atoms with Crippen molar-refractivity contribution in [3.63, 3.8) is 0 Å². The Bertz CT molecular complexity index is 350. The summed E-state index contributed by atoms with van der Waals surface area (Å²) in [6.07, 6.45) is 0. The smallest absolute Gasteiger partial charge is 0.0753 e. The molecule has 1 heterocycles. The Morgan fingerprint density at radius 1 is 1.35 bits per heavy atom. The van der Waals surface area contributed by atoms with Crippen molar-refractivity contribution < 1.29 is 4.74 Å². The molecule has 1 unspecified atom stereocenters. The van der Waals surface area contributed by atoms with Crippen LogP contribution in [0.4, 0.5) is 0 Å². The highest BCUT2D eigenvalue weighted by Gasteiger charge is 2.27. The first-order valence-corrected chi connectivity index (χ1v) is 6.24. The van der Waals surface area contributed by atoms with Gasteiger partial charge >= 0.3 is 0 Å². The molecule has 0 aliphatic carbocycles. The Morgan fingerprint density at radius 3 is 2.71 bits per heavy atom. The average molecular weight is 234 g/mol. The van der Waals surface area contributed by atoms with E-state index in [1.165, 1.54) is 5.56 Å². The van der Waals surface area contributed by atoms with Gasteiger partial charge in [-0.2, -0.15) is 0 Å². The number of nitrogens with zero attached hydrogens (tertiary/aromatic N) is 1. The second-order valence-electron chi connectivity index (χ2n) is 5.36. The first-order chi connectivity index (χ1) is 8.07. The summed E-state index contributed by atoms with van der Waals surface area (Å²) in [5.41, 5.74) is 7.39. The fourth-order valence-corrected chi connectivity index (χ4v) is 2.35. The first kappa shape index (κ1) is 12.6.